The summed E-state index contributed by atoms with van der Waals surface area (Å²) in [7, 11) is 0. The Hall–Kier alpha value is -2.85. The summed E-state index contributed by atoms with van der Waals surface area (Å²) in [6.07, 6.45) is 2.94. The molecule has 4 heterocycles. The molecule has 198 valence electrons. The lowest BCUT2D eigenvalue weighted by molar-refractivity contribution is -0.122. The molecule has 3 fully saturated rings. The number of hydrogen-bond acceptors (Lipinski definition) is 7. The first-order valence-electron chi connectivity index (χ1n) is 13.0. The number of halogens is 1. The SMILES string of the molecule is O=C(Nc1nnc(CCc2ccc(Cl)cc2)s1)C1CC(=O)N(c2ccc(CN3CCC4(COC4)C3)cc2)C1. The Bertz CT molecular complexity index is 1310. The first-order valence-corrected chi connectivity index (χ1v) is 14.2. The minimum atomic E-state index is -0.422. The summed E-state index contributed by atoms with van der Waals surface area (Å²) in [6, 6.07) is 15.9. The largest absolute Gasteiger partial charge is 0.380 e. The Morgan fingerprint density at radius 2 is 1.84 bits per heavy atom. The van der Waals surface area contributed by atoms with Gasteiger partial charge in [0.1, 0.15) is 5.01 Å². The number of likely N-dealkylation sites (tertiary alicyclic amines) is 1. The van der Waals surface area contributed by atoms with Crippen LogP contribution in [0.15, 0.2) is 48.5 Å². The predicted octanol–water partition coefficient (Wildman–Crippen LogP) is 4.19. The third-order valence-corrected chi connectivity index (χ3v) is 8.87. The Balaban J connectivity index is 0.997. The summed E-state index contributed by atoms with van der Waals surface area (Å²) in [6.45, 7) is 5.24. The van der Waals surface area contributed by atoms with Crippen molar-refractivity contribution in [2.45, 2.75) is 32.2 Å². The van der Waals surface area contributed by atoms with Crippen molar-refractivity contribution in [2.75, 3.05) is 43.1 Å². The van der Waals surface area contributed by atoms with Gasteiger partial charge in [0, 0.05) is 48.6 Å². The summed E-state index contributed by atoms with van der Waals surface area (Å²) in [5.41, 5.74) is 3.61. The molecule has 1 spiro atoms. The molecule has 2 aromatic carbocycles. The number of rotatable bonds is 8. The summed E-state index contributed by atoms with van der Waals surface area (Å²) in [4.78, 5) is 29.9. The van der Waals surface area contributed by atoms with E-state index in [0.717, 1.165) is 56.4 Å². The number of anilines is 2. The van der Waals surface area contributed by atoms with E-state index in [2.05, 4.69) is 32.5 Å². The second-order valence-electron chi connectivity index (χ2n) is 10.6. The molecule has 3 aromatic rings. The lowest BCUT2D eigenvalue weighted by Gasteiger charge is -2.37. The zero-order valence-corrected chi connectivity index (χ0v) is 22.6. The Kier molecular flexibility index (Phi) is 7.18. The molecular weight excluding hydrogens is 522 g/mol. The molecule has 3 aliphatic heterocycles. The zero-order valence-electron chi connectivity index (χ0n) is 21.1. The monoisotopic (exact) mass is 551 g/mol. The number of benzene rings is 2. The predicted molar refractivity (Wildman–Crippen MR) is 147 cm³/mol. The van der Waals surface area contributed by atoms with Crippen molar-refractivity contribution < 1.29 is 14.3 Å². The number of carbonyl (C=O) groups is 2. The van der Waals surface area contributed by atoms with E-state index in [-0.39, 0.29) is 18.2 Å². The molecule has 1 unspecified atom stereocenters. The van der Waals surface area contributed by atoms with Gasteiger partial charge in [0.05, 0.1) is 19.1 Å². The highest BCUT2D eigenvalue weighted by molar-refractivity contribution is 7.15. The Morgan fingerprint density at radius 1 is 1.08 bits per heavy atom. The number of hydrogen-bond donors (Lipinski definition) is 1. The van der Waals surface area contributed by atoms with Crippen LogP contribution in [0.4, 0.5) is 10.8 Å². The zero-order chi connectivity index (χ0) is 26.1. The Morgan fingerprint density at radius 3 is 2.55 bits per heavy atom. The van der Waals surface area contributed by atoms with E-state index in [1.807, 2.05) is 36.4 Å². The molecule has 1 aromatic heterocycles. The molecule has 2 amide bonds. The lowest BCUT2D eigenvalue weighted by atomic mass is 9.85. The summed E-state index contributed by atoms with van der Waals surface area (Å²) >= 11 is 7.32. The third kappa shape index (κ3) is 5.61. The number of carbonyl (C=O) groups excluding carboxylic acids is 2. The molecule has 10 heteroatoms. The summed E-state index contributed by atoms with van der Waals surface area (Å²) in [5, 5.41) is 13.2. The van der Waals surface area contributed by atoms with E-state index in [4.69, 9.17) is 16.3 Å². The van der Waals surface area contributed by atoms with Gasteiger partial charge in [-0.2, -0.15) is 0 Å². The summed E-state index contributed by atoms with van der Waals surface area (Å²) < 4.78 is 5.43. The van der Waals surface area contributed by atoms with Crippen molar-refractivity contribution in [3.05, 3.63) is 69.7 Å². The standard InChI is InChI=1S/C28H30ClN5O3S/c29-22-6-1-19(2-7-22)5-10-24-31-32-27(38-24)30-26(36)21-13-25(35)34(15-21)23-8-3-20(4-9-23)14-33-12-11-28(16-33)17-37-18-28/h1-4,6-9,21H,5,10-18H2,(H,30,32,36). The van der Waals surface area contributed by atoms with E-state index in [1.54, 1.807) is 4.90 Å². The average Bonchev–Trinajstić information content (AvgIpc) is 3.63. The van der Waals surface area contributed by atoms with E-state index in [0.29, 0.717) is 22.1 Å². The number of amides is 2. The van der Waals surface area contributed by atoms with Gasteiger partial charge in [0.25, 0.3) is 0 Å². The van der Waals surface area contributed by atoms with Gasteiger partial charge in [-0.1, -0.05) is 47.2 Å². The summed E-state index contributed by atoms with van der Waals surface area (Å²) in [5.74, 6) is -0.653. The normalized spacial score (nSPS) is 20.7. The van der Waals surface area contributed by atoms with Crippen LogP contribution in [0.1, 0.15) is 29.0 Å². The molecule has 3 saturated heterocycles. The minimum absolute atomic E-state index is 0.0368. The van der Waals surface area contributed by atoms with Crippen molar-refractivity contribution in [3.8, 4) is 0 Å². The molecule has 0 saturated carbocycles. The van der Waals surface area contributed by atoms with Crippen LogP contribution in [0, 0.1) is 11.3 Å². The van der Waals surface area contributed by atoms with E-state index in [9.17, 15) is 9.59 Å². The van der Waals surface area contributed by atoms with Gasteiger partial charge in [-0.15, -0.1) is 10.2 Å². The highest BCUT2D eigenvalue weighted by Crippen LogP contribution is 2.38. The van der Waals surface area contributed by atoms with E-state index < -0.39 is 5.92 Å². The van der Waals surface area contributed by atoms with Crippen molar-refractivity contribution in [1.82, 2.24) is 15.1 Å². The molecule has 0 aliphatic carbocycles. The molecule has 8 nitrogen and oxygen atoms in total. The molecule has 1 N–H and O–H groups in total. The fraction of sp³-hybridized carbons (Fsp3) is 0.429. The van der Waals surface area contributed by atoms with Gasteiger partial charge in [-0.3, -0.25) is 14.5 Å². The van der Waals surface area contributed by atoms with Gasteiger partial charge in [0.15, 0.2) is 0 Å². The van der Waals surface area contributed by atoms with E-state index >= 15 is 0 Å². The van der Waals surface area contributed by atoms with Crippen LogP contribution in [-0.4, -0.2) is 59.8 Å². The topological polar surface area (TPSA) is 87.7 Å². The molecule has 1 atom stereocenters. The molecule has 6 rings (SSSR count). The van der Waals surface area contributed by atoms with Crippen molar-refractivity contribution in [2.24, 2.45) is 11.3 Å². The highest BCUT2D eigenvalue weighted by atomic mass is 35.5. The fourth-order valence-corrected chi connectivity index (χ4v) is 6.34. The van der Waals surface area contributed by atoms with Crippen molar-refractivity contribution in [3.63, 3.8) is 0 Å². The number of nitrogens with zero attached hydrogens (tertiary/aromatic N) is 4. The average molecular weight is 552 g/mol. The second-order valence-corrected chi connectivity index (χ2v) is 12.1. The van der Waals surface area contributed by atoms with Crippen LogP contribution < -0.4 is 10.2 Å². The van der Waals surface area contributed by atoms with Gasteiger partial charge in [-0.25, -0.2) is 0 Å². The molecule has 3 aliphatic rings. The third-order valence-electron chi connectivity index (χ3n) is 7.72. The molecular formula is C28H30ClN5O3S. The van der Waals surface area contributed by atoms with Crippen LogP contribution in [-0.2, 0) is 33.7 Å². The maximum Gasteiger partial charge on any atom is 0.231 e. The van der Waals surface area contributed by atoms with Gasteiger partial charge >= 0.3 is 0 Å². The van der Waals surface area contributed by atoms with Gasteiger partial charge in [-0.05, 0) is 54.8 Å². The van der Waals surface area contributed by atoms with Crippen LogP contribution >= 0.6 is 22.9 Å². The number of ether oxygens (including phenoxy) is 1. The number of nitrogens with one attached hydrogen (secondary N) is 1. The van der Waals surface area contributed by atoms with Crippen LogP contribution in [0.25, 0.3) is 0 Å². The number of aryl methyl sites for hydroxylation is 2. The minimum Gasteiger partial charge on any atom is -0.380 e. The maximum absolute atomic E-state index is 12.9. The highest BCUT2D eigenvalue weighted by Gasteiger charge is 2.44. The van der Waals surface area contributed by atoms with Crippen LogP contribution in [0.2, 0.25) is 5.02 Å². The smallest absolute Gasteiger partial charge is 0.231 e. The number of aromatic nitrogens is 2. The molecule has 38 heavy (non-hydrogen) atoms. The molecule has 0 radical (unpaired) electrons. The molecule has 0 bridgehead atoms. The quantitative estimate of drug-likeness (QED) is 0.452. The van der Waals surface area contributed by atoms with Crippen molar-refractivity contribution in [1.29, 1.82) is 0 Å². The lowest BCUT2D eigenvalue weighted by Crippen LogP contribution is -2.44. The van der Waals surface area contributed by atoms with Crippen LogP contribution in [0.3, 0.4) is 0 Å². The first kappa shape index (κ1) is 25.4. The van der Waals surface area contributed by atoms with Gasteiger partial charge in [0.2, 0.25) is 16.9 Å². The van der Waals surface area contributed by atoms with Crippen molar-refractivity contribution >= 4 is 45.6 Å². The van der Waals surface area contributed by atoms with Crippen LogP contribution in [0.5, 0.6) is 0 Å². The van der Waals surface area contributed by atoms with E-state index in [1.165, 1.54) is 28.9 Å². The maximum atomic E-state index is 12.9. The van der Waals surface area contributed by atoms with Gasteiger partial charge < -0.3 is 15.0 Å². The Labute approximate surface area is 230 Å². The fourth-order valence-electron chi connectivity index (χ4n) is 5.48. The first-order chi connectivity index (χ1) is 18.4. The second kappa shape index (κ2) is 10.7.